The normalized spacial score (nSPS) is 12.2. The standard InChI is InChI=1S/C61H112O6/c1-4-7-10-13-16-19-22-25-28-30-33-36-39-42-45-48-51-54-60(63)66-57-58(56-65-59(62)53-50-47-44-41-38-35-32-27-24-21-18-15-12-9-6-3)67-61(64)55-52-49-46-43-40-37-34-31-29-26-23-20-17-14-11-8-5-2/h17,20-21,24,26,29,58H,4-16,18-19,22-23,25,27-28,30-57H2,1-3H3/b20-17-,24-21-,29-26-/t58-/m1/s1. The molecule has 0 aliphatic heterocycles. The van der Waals surface area contributed by atoms with Crippen molar-refractivity contribution in [1.29, 1.82) is 0 Å². The molecule has 0 heterocycles. The summed E-state index contributed by atoms with van der Waals surface area (Å²) >= 11 is 0. The zero-order chi connectivity index (χ0) is 48.6. The highest BCUT2D eigenvalue weighted by atomic mass is 16.6. The lowest BCUT2D eigenvalue weighted by molar-refractivity contribution is -0.167. The Balaban J connectivity index is 4.35. The Labute approximate surface area is 416 Å². The van der Waals surface area contributed by atoms with E-state index < -0.39 is 6.10 Å². The van der Waals surface area contributed by atoms with Crippen LogP contribution in [0.2, 0.25) is 0 Å². The van der Waals surface area contributed by atoms with E-state index in [1.54, 1.807) is 0 Å². The average molecular weight is 942 g/mol. The quantitative estimate of drug-likeness (QED) is 0.0262. The molecule has 0 unspecified atom stereocenters. The van der Waals surface area contributed by atoms with Crippen LogP contribution in [0.4, 0.5) is 0 Å². The second kappa shape index (κ2) is 56.2. The summed E-state index contributed by atoms with van der Waals surface area (Å²) in [6.45, 7) is 6.64. The third-order valence-electron chi connectivity index (χ3n) is 13.1. The molecular weight excluding hydrogens is 829 g/mol. The van der Waals surface area contributed by atoms with Crippen LogP contribution in [0.5, 0.6) is 0 Å². The Kier molecular flexibility index (Phi) is 54.2. The highest BCUT2D eigenvalue weighted by Gasteiger charge is 2.19. The smallest absolute Gasteiger partial charge is 0.306 e. The van der Waals surface area contributed by atoms with Crippen molar-refractivity contribution in [1.82, 2.24) is 0 Å². The number of ether oxygens (including phenoxy) is 3. The summed E-state index contributed by atoms with van der Waals surface area (Å²) in [5, 5.41) is 0. The van der Waals surface area contributed by atoms with Crippen LogP contribution >= 0.6 is 0 Å². The van der Waals surface area contributed by atoms with Crippen molar-refractivity contribution in [2.75, 3.05) is 13.2 Å². The first-order valence-corrected chi connectivity index (χ1v) is 29.5. The zero-order valence-electron chi connectivity index (χ0n) is 44.9. The van der Waals surface area contributed by atoms with Crippen LogP contribution in [-0.2, 0) is 28.6 Å². The molecule has 6 nitrogen and oxygen atoms in total. The second-order valence-corrected chi connectivity index (χ2v) is 19.9. The van der Waals surface area contributed by atoms with E-state index >= 15 is 0 Å². The minimum Gasteiger partial charge on any atom is -0.462 e. The molecule has 0 spiro atoms. The number of esters is 3. The molecule has 0 aliphatic carbocycles. The van der Waals surface area contributed by atoms with E-state index in [1.807, 2.05) is 0 Å². The van der Waals surface area contributed by atoms with Crippen LogP contribution in [0.1, 0.15) is 316 Å². The van der Waals surface area contributed by atoms with Crippen molar-refractivity contribution in [3.63, 3.8) is 0 Å². The third-order valence-corrected chi connectivity index (χ3v) is 13.1. The molecule has 0 saturated carbocycles. The topological polar surface area (TPSA) is 78.9 Å². The summed E-state index contributed by atoms with van der Waals surface area (Å²) in [6, 6.07) is 0. The van der Waals surface area contributed by atoms with Gasteiger partial charge in [0.1, 0.15) is 13.2 Å². The number of hydrogen-bond donors (Lipinski definition) is 0. The summed E-state index contributed by atoms with van der Waals surface area (Å²) in [4.78, 5) is 38.2. The third kappa shape index (κ3) is 54.4. The van der Waals surface area contributed by atoms with E-state index in [4.69, 9.17) is 14.2 Å². The summed E-state index contributed by atoms with van der Waals surface area (Å²) in [5.41, 5.74) is 0. The molecule has 0 bridgehead atoms. The van der Waals surface area contributed by atoms with Crippen molar-refractivity contribution in [2.45, 2.75) is 322 Å². The first kappa shape index (κ1) is 64.6. The number of carbonyl (C=O) groups excluding carboxylic acids is 3. The maximum Gasteiger partial charge on any atom is 0.306 e. The molecule has 0 fully saturated rings. The van der Waals surface area contributed by atoms with Gasteiger partial charge in [0.05, 0.1) is 0 Å². The van der Waals surface area contributed by atoms with Gasteiger partial charge < -0.3 is 14.2 Å². The lowest BCUT2D eigenvalue weighted by Gasteiger charge is -2.18. The predicted molar refractivity (Wildman–Crippen MR) is 289 cm³/mol. The van der Waals surface area contributed by atoms with Gasteiger partial charge >= 0.3 is 17.9 Å². The monoisotopic (exact) mass is 941 g/mol. The van der Waals surface area contributed by atoms with Crippen molar-refractivity contribution in [3.05, 3.63) is 36.5 Å². The Morgan fingerprint density at radius 2 is 0.537 bits per heavy atom. The molecule has 0 aromatic rings. The van der Waals surface area contributed by atoms with E-state index in [9.17, 15) is 14.4 Å². The molecule has 6 heteroatoms. The van der Waals surface area contributed by atoms with Gasteiger partial charge in [0.2, 0.25) is 0 Å². The predicted octanol–water partition coefficient (Wildman–Crippen LogP) is 19.7. The highest BCUT2D eigenvalue weighted by Crippen LogP contribution is 2.17. The molecule has 1 atom stereocenters. The minimum absolute atomic E-state index is 0.0729. The number of rotatable bonds is 54. The van der Waals surface area contributed by atoms with Crippen LogP contribution in [0.15, 0.2) is 36.5 Å². The molecule has 0 aliphatic rings. The van der Waals surface area contributed by atoms with Gasteiger partial charge in [-0.15, -0.1) is 0 Å². The summed E-state index contributed by atoms with van der Waals surface area (Å²) in [7, 11) is 0. The minimum atomic E-state index is -0.775. The number of allylic oxidation sites excluding steroid dienone is 6. The maximum atomic E-state index is 12.9. The molecule has 0 aromatic carbocycles. The van der Waals surface area contributed by atoms with Crippen LogP contribution in [0, 0.1) is 0 Å². The van der Waals surface area contributed by atoms with Gasteiger partial charge in [-0.25, -0.2) is 0 Å². The number of carbonyl (C=O) groups is 3. The van der Waals surface area contributed by atoms with Crippen LogP contribution in [-0.4, -0.2) is 37.2 Å². The molecule has 67 heavy (non-hydrogen) atoms. The van der Waals surface area contributed by atoms with Crippen LogP contribution in [0.3, 0.4) is 0 Å². The molecule has 392 valence electrons. The van der Waals surface area contributed by atoms with Gasteiger partial charge in [-0.3, -0.25) is 14.4 Å². The summed E-state index contributed by atoms with van der Waals surface area (Å²) < 4.78 is 16.9. The fourth-order valence-electron chi connectivity index (χ4n) is 8.65. The van der Waals surface area contributed by atoms with E-state index in [0.717, 1.165) is 70.6 Å². The van der Waals surface area contributed by atoms with Crippen molar-refractivity contribution < 1.29 is 28.6 Å². The second-order valence-electron chi connectivity index (χ2n) is 19.9. The Hall–Kier alpha value is -2.37. The Morgan fingerprint density at radius 1 is 0.299 bits per heavy atom. The van der Waals surface area contributed by atoms with E-state index in [-0.39, 0.29) is 31.1 Å². The average Bonchev–Trinajstić information content (AvgIpc) is 3.33. The molecule has 0 saturated heterocycles. The Bertz CT molecular complexity index is 1130. The van der Waals surface area contributed by atoms with Crippen molar-refractivity contribution in [3.8, 4) is 0 Å². The van der Waals surface area contributed by atoms with Crippen molar-refractivity contribution in [2.24, 2.45) is 0 Å². The zero-order valence-corrected chi connectivity index (χ0v) is 44.9. The SMILES string of the molecule is CCCCC/C=C\C/C=C\CCCCCCCCCC(=O)O[C@H](COC(=O)CCCCCCCCC/C=C\CCCCCC)COC(=O)CCCCCCCCCCCCCCCCCCC. The first-order chi connectivity index (χ1) is 33.0. The molecule has 0 N–H and O–H groups in total. The highest BCUT2D eigenvalue weighted by molar-refractivity contribution is 5.71. The van der Waals surface area contributed by atoms with E-state index in [1.165, 1.54) is 205 Å². The van der Waals surface area contributed by atoms with Gasteiger partial charge in [0, 0.05) is 19.3 Å². The Morgan fingerprint density at radius 3 is 0.881 bits per heavy atom. The van der Waals surface area contributed by atoms with Gasteiger partial charge in [0.15, 0.2) is 6.10 Å². The van der Waals surface area contributed by atoms with Crippen LogP contribution in [0.25, 0.3) is 0 Å². The largest absolute Gasteiger partial charge is 0.462 e. The molecule has 0 amide bonds. The fraction of sp³-hybridized carbons (Fsp3) is 0.852. The van der Waals surface area contributed by atoms with E-state index in [0.29, 0.717) is 19.3 Å². The van der Waals surface area contributed by atoms with Crippen molar-refractivity contribution >= 4 is 17.9 Å². The maximum absolute atomic E-state index is 12.9. The molecule has 0 aromatic heterocycles. The lowest BCUT2D eigenvalue weighted by atomic mass is 10.0. The number of hydrogen-bond acceptors (Lipinski definition) is 6. The van der Waals surface area contributed by atoms with Gasteiger partial charge in [-0.1, -0.05) is 256 Å². The van der Waals surface area contributed by atoms with Crippen LogP contribution < -0.4 is 0 Å². The lowest BCUT2D eigenvalue weighted by Crippen LogP contribution is -2.30. The van der Waals surface area contributed by atoms with Gasteiger partial charge in [-0.05, 0) is 77.0 Å². The first-order valence-electron chi connectivity index (χ1n) is 29.5. The summed E-state index contributed by atoms with van der Waals surface area (Å²) in [5.74, 6) is -0.867. The van der Waals surface area contributed by atoms with E-state index in [2.05, 4.69) is 57.2 Å². The molecular formula is C61H112O6. The fourth-order valence-corrected chi connectivity index (χ4v) is 8.65. The van der Waals surface area contributed by atoms with Gasteiger partial charge in [-0.2, -0.15) is 0 Å². The number of unbranched alkanes of at least 4 members (excludes halogenated alkanes) is 37. The van der Waals surface area contributed by atoms with Gasteiger partial charge in [0.25, 0.3) is 0 Å². The molecule has 0 rings (SSSR count). The summed E-state index contributed by atoms with van der Waals surface area (Å²) in [6.07, 6.45) is 67.0. The molecule has 0 radical (unpaired) electrons.